The van der Waals surface area contributed by atoms with Crippen LogP contribution in [0.3, 0.4) is 0 Å². The molecule has 60 heavy (non-hydrogen) atoms. The Bertz CT molecular complexity index is 2170. The van der Waals surface area contributed by atoms with Crippen LogP contribution in [-0.4, -0.2) is 73.5 Å². The summed E-state index contributed by atoms with van der Waals surface area (Å²) in [6.45, 7) is 2.57. The maximum absolute atomic E-state index is 13.2. The van der Waals surface area contributed by atoms with Gasteiger partial charge in [0.05, 0.1) is 68.0 Å². The van der Waals surface area contributed by atoms with Gasteiger partial charge < -0.3 is 57.8 Å². The first kappa shape index (κ1) is 43.1. The summed E-state index contributed by atoms with van der Waals surface area (Å²) < 4.78 is 58.5. The number of methoxy groups -OCH3 is 7. The van der Waals surface area contributed by atoms with Crippen LogP contribution in [0, 0.1) is 0 Å². The van der Waals surface area contributed by atoms with E-state index < -0.39 is 6.17 Å². The lowest BCUT2D eigenvalue weighted by molar-refractivity contribution is 0.0934. The summed E-state index contributed by atoms with van der Waals surface area (Å²) in [4.78, 5) is 13.2. The summed E-state index contributed by atoms with van der Waals surface area (Å²) in [7, 11) is 11.1. The molecule has 0 radical (unpaired) electrons. The van der Waals surface area contributed by atoms with Crippen molar-refractivity contribution in [3.8, 4) is 74.3 Å². The van der Waals surface area contributed by atoms with Crippen LogP contribution in [-0.2, 0) is 0 Å². The van der Waals surface area contributed by atoms with Crippen molar-refractivity contribution in [3.63, 3.8) is 0 Å². The lowest BCUT2D eigenvalue weighted by atomic mass is 10.0. The van der Waals surface area contributed by atoms with Gasteiger partial charge in [0, 0.05) is 28.4 Å². The quantitative estimate of drug-likeness (QED) is 0.0639. The van der Waals surface area contributed by atoms with Crippen LogP contribution in [0.2, 0.25) is 0 Å². The molecular formula is C46H55N3O11. The molecule has 2 N–H and O–H groups in total. The number of unbranched alkanes of at least 4 members (excludes halogenated alkanes) is 3. The van der Waals surface area contributed by atoms with E-state index in [0.717, 1.165) is 43.2 Å². The summed E-state index contributed by atoms with van der Waals surface area (Å²) in [5, 5.41) is 10.8. The summed E-state index contributed by atoms with van der Waals surface area (Å²) in [6, 6.07) is 20.2. The van der Waals surface area contributed by atoms with Crippen molar-refractivity contribution in [2.24, 2.45) is 0 Å². The topological polar surface area (TPSA) is 150 Å². The average molecular weight is 826 g/mol. The highest BCUT2D eigenvalue weighted by molar-refractivity contribution is 6.02. The fourth-order valence-corrected chi connectivity index (χ4v) is 7.22. The zero-order valence-corrected chi connectivity index (χ0v) is 35.6. The zero-order valence-electron chi connectivity index (χ0n) is 35.6. The fraction of sp³-hybridized carbons (Fsp3) is 0.391. The van der Waals surface area contributed by atoms with Gasteiger partial charge in [-0.15, -0.1) is 0 Å². The number of fused-ring (bicyclic) bond motifs is 1. The van der Waals surface area contributed by atoms with Crippen molar-refractivity contribution in [1.82, 2.24) is 10.5 Å². The molecule has 1 amide bonds. The number of aromatic nitrogens is 1. The van der Waals surface area contributed by atoms with E-state index >= 15 is 0 Å². The van der Waals surface area contributed by atoms with Crippen LogP contribution in [0.25, 0.3) is 22.6 Å². The first-order valence-electron chi connectivity index (χ1n) is 20.0. The normalized spacial score (nSPS) is 13.6. The molecule has 14 nitrogen and oxygen atoms in total. The first-order valence-corrected chi connectivity index (χ1v) is 20.0. The maximum atomic E-state index is 13.2. The van der Waals surface area contributed by atoms with Gasteiger partial charge in [0.25, 0.3) is 5.91 Å². The number of ether oxygens (including phenoxy) is 9. The third kappa shape index (κ3) is 9.70. The van der Waals surface area contributed by atoms with Gasteiger partial charge >= 0.3 is 0 Å². The predicted octanol–water partition coefficient (Wildman–Crippen LogP) is 9.50. The molecule has 1 aromatic heterocycles. The highest BCUT2D eigenvalue weighted by Crippen LogP contribution is 2.45. The molecule has 0 bridgehead atoms. The molecule has 6 rings (SSSR count). The Morgan fingerprint density at radius 3 is 1.97 bits per heavy atom. The number of carbonyl (C=O) groups excluding carboxylic acids is 1. The number of nitrogens with one attached hydrogen (secondary N) is 2. The number of carbonyl (C=O) groups is 1. The third-order valence-corrected chi connectivity index (χ3v) is 10.4. The molecule has 0 saturated carbocycles. The Hall–Kier alpha value is -6.44. The molecule has 5 aromatic rings. The standard InChI is InChI=1S/C46H55N3O11/c1-9-10-11-12-15-30(16-14-21-58-42-32(17-13-18-36(42)52-3)45-47-34-20-19-31(51-2)26-33(34)46(50)48-45)59-44-40(55-6)24-29(25-41(44)56-7)37-27-35(49-60-37)28-22-38(53-4)43(57-8)39(23-28)54-5/h13,17-20,22-27,30,45,47H,9-12,14-16,21H2,1-8H3,(H,48,50). The number of nitrogens with zero attached hydrogens (tertiary/aromatic N) is 1. The second-order valence-corrected chi connectivity index (χ2v) is 14.1. The van der Waals surface area contributed by atoms with Crippen LogP contribution in [0.1, 0.15) is 74.0 Å². The van der Waals surface area contributed by atoms with Crippen molar-refractivity contribution < 1.29 is 51.9 Å². The minimum absolute atomic E-state index is 0.166. The lowest BCUT2D eigenvalue weighted by Crippen LogP contribution is -2.38. The highest BCUT2D eigenvalue weighted by atomic mass is 16.5. The average Bonchev–Trinajstić information content (AvgIpc) is 3.79. The molecule has 0 aliphatic carbocycles. The SMILES string of the molecule is CCCCCCC(CCCOc1c(OC)cccc1C1NC(=O)c2cc(OC)ccc2N1)Oc1c(OC)cc(-c2cc(-c3cc(OC)c(OC)c(OC)c3)no2)cc1OC. The van der Waals surface area contributed by atoms with Crippen LogP contribution < -0.4 is 53.3 Å². The molecule has 2 unspecified atom stereocenters. The van der Waals surface area contributed by atoms with Crippen LogP contribution in [0.4, 0.5) is 5.69 Å². The third-order valence-electron chi connectivity index (χ3n) is 10.4. The number of para-hydroxylation sites is 1. The number of hydrogen-bond donors (Lipinski definition) is 2. The molecule has 4 aromatic carbocycles. The Labute approximate surface area is 351 Å². The van der Waals surface area contributed by atoms with Crippen molar-refractivity contribution in [1.29, 1.82) is 0 Å². The molecule has 0 spiro atoms. The van der Waals surface area contributed by atoms with E-state index in [2.05, 4.69) is 22.7 Å². The number of rotatable bonds is 22. The number of benzene rings is 4. The van der Waals surface area contributed by atoms with Gasteiger partial charge in [-0.25, -0.2) is 0 Å². The summed E-state index contributed by atoms with van der Waals surface area (Å²) >= 11 is 0. The van der Waals surface area contributed by atoms with Crippen LogP contribution in [0.15, 0.2) is 71.3 Å². The molecule has 0 saturated heterocycles. The van der Waals surface area contributed by atoms with Gasteiger partial charge in [-0.1, -0.05) is 43.5 Å². The number of anilines is 1. The second kappa shape index (κ2) is 20.5. The summed E-state index contributed by atoms with van der Waals surface area (Å²) in [6.07, 6.45) is 5.86. The van der Waals surface area contributed by atoms with Gasteiger partial charge in [-0.05, 0) is 74.2 Å². The molecule has 14 heteroatoms. The smallest absolute Gasteiger partial charge is 0.255 e. The van der Waals surface area contributed by atoms with E-state index in [4.69, 9.17) is 47.2 Å². The second-order valence-electron chi connectivity index (χ2n) is 14.1. The molecule has 320 valence electrons. The van der Waals surface area contributed by atoms with Gasteiger partial charge in [0.15, 0.2) is 40.3 Å². The Morgan fingerprint density at radius 2 is 1.32 bits per heavy atom. The largest absolute Gasteiger partial charge is 0.497 e. The monoisotopic (exact) mass is 825 g/mol. The first-order chi connectivity index (χ1) is 29.3. The molecule has 1 aliphatic rings. The van der Waals surface area contributed by atoms with E-state index in [9.17, 15) is 4.79 Å². The van der Waals surface area contributed by atoms with E-state index in [0.29, 0.717) is 99.5 Å². The molecule has 0 fully saturated rings. The summed E-state index contributed by atoms with van der Waals surface area (Å²) in [5.74, 6) is 4.97. The van der Waals surface area contributed by atoms with E-state index in [-0.39, 0.29) is 12.0 Å². The fourth-order valence-electron chi connectivity index (χ4n) is 7.22. The maximum Gasteiger partial charge on any atom is 0.255 e. The minimum atomic E-state index is -0.543. The molecule has 2 heterocycles. The van der Waals surface area contributed by atoms with E-state index in [1.165, 1.54) is 0 Å². The van der Waals surface area contributed by atoms with Crippen molar-refractivity contribution >= 4 is 11.6 Å². The van der Waals surface area contributed by atoms with E-state index in [1.807, 2.05) is 60.7 Å². The number of hydrogen-bond acceptors (Lipinski definition) is 13. The van der Waals surface area contributed by atoms with Gasteiger partial charge in [0.1, 0.15) is 17.6 Å². The van der Waals surface area contributed by atoms with E-state index in [1.54, 1.807) is 55.8 Å². The Balaban J connectivity index is 1.19. The minimum Gasteiger partial charge on any atom is -0.497 e. The highest BCUT2D eigenvalue weighted by Gasteiger charge is 2.29. The predicted molar refractivity (Wildman–Crippen MR) is 228 cm³/mol. The van der Waals surface area contributed by atoms with Gasteiger partial charge in [0.2, 0.25) is 11.5 Å². The number of amides is 1. The lowest BCUT2D eigenvalue weighted by Gasteiger charge is -2.30. The van der Waals surface area contributed by atoms with Crippen molar-refractivity contribution in [2.75, 3.05) is 61.7 Å². The zero-order chi connectivity index (χ0) is 42.6. The van der Waals surface area contributed by atoms with Crippen molar-refractivity contribution in [2.45, 2.75) is 64.1 Å². The van der Waals surface area contributed by atoms with Gasteiger partial charge in [-0.2, -0.15) is 0 Å². The molecule has 2 atom stereocenters. The summed E-state index contributed by atoms with van der Waals surface area (Å²) in [5.41, 5.74) is 3.93. The Kier molecular flexibility index (Phi) is 14.7. The Morgan fingerprint density at radius 1 is 0.650 bits per heavy atom. The van der Waals surface area contributed by atoms with Crippen LogP contribution >= 0.6 is 0 Å². The van der Waals surface area contributed by atoms with Crippen LogP contribution in [0.5, 0.6) is 51.7 Å². The van der Waals surface area contributed by atoms with Gasteiger partial charge in [-0.3, -0.25) is 4.79 Å². The molecule has 1 aliphatic heterocycles. The van der Waals surface area contributed by atoms with Crippen molar-refractivity contribution in [3.05, 3.63) is 77.9 Å². The molecular weight excluding hydrogens is 771 g/mol.